The first-order valence-corrected chi connectivity index (χ1v) is 3.73. The highest BCUT2D eigenvalue weighted by Crippen LogP contribution is 2.20. The molecule has 2 aliphatic rings. The number of carbonyl (C=O) groups is 1. The largest absolute Gasteiger partial charge is 0.343 e. The summed E-state index contributed by atoms with van der Waals surface area (Å²) in [6.45, 7) is 1.73. The maximum atomic E-state index is 11.0. The molecule has 0 radical (unpaired) electrons. The second-order valence-corrected chi connectivity index (χ2v) is 3.07. The van der Waals surface area contributed by atoms with Crippen molar-refractivity contribution in [3.63, 3.8) is 0 Å². The quantitative estimate of drug-likeness (QED) is 0.456. The van der Waals surface area contributed by atoms with Crippen LogP contribution in [0, 0.1) is 5.92 Å². The normalized spacial score (nSPS) is 31.2. The molecule has 0 aliphatic carbocycles. The van der Waals surface area contributed by atoms with Gasteiger partial charge in [0, 0.05) is 6.54 Å². The van der Waals surface area contributed by atoms with Crippen LogP contribution in [0.5, 0.6) is 0 Å². The minimum atomic E-state index is -0.173. The van der Waals surface area contributed by atoms with Crippen molar-refractivity contribution >= 4 is 11.7 Å². The Balaban J connectivity index is 2.15. The van der Waals surface area contributed by atoms with Crippen molar-refractivity contribution in [1.29, 1.82) is 0 Å². The van der Waals surface area contributed by atoms with Crippen LogP contribution in [-0.4, -0.2) is 36.7 Å². The molecule has 2 aliphatic heterocycles. The molecular formula is C7H10N2O2. The van der Waals surface area contributed by atoms with Gasteiger partial charge >= 0.3 is 5.97 Å². The van der Waals surface area contributed by atoms with E-state index in [2.05, 4.69) is 14.9 Å². The van der Waals surface area contributed by atoms with Gasteiger partial charge in [0.1, 0.15) is 5.92 Å². The fraction of sp³-hybridized carbons (Fsp3) is 0.714. The molecule has 1 fully saturated rings. The van der Waals surface area contributed by atoms with Crippen molar-refractivity contribution in [2.75, 3.05) is 20.1 Å². The van der Waals surface area contributed by atoms with Gasteiger partial charge in [-0.05, 0) is 20.0 Å². The van der Waals surface area contributed by atoms with Gasteiger partial charge < -0.3 is 9.74 Å². The fourth-order valence-corrected chi connectivity index (χ4v) is 1.50. The maximum Gasteiger partial charge on any atom is 0.343 e. The number of fused-ring (bicyclic) bond motifs is 1. The summed E-state index contributed by atoms with van der Waals surface area (Å²) in [5.41, 5.74) is 0.892. The molecule has 0 bridgehead atoms. The predicted octanol–water partition coefficient (Wildman–Crippen LogP) is -0.149. The Morgan fingerprint density at radius 2 is 2.55 bits per heavy atom. The minimum absolute atomic E-state index is 0.0359. The van der Waals surface area contributed by atoms with E-state index in [1.165, 1.54) is 0 Å². The van der Waals surface area contributed by atoms with Gasteiger partial charge in [-0.15, -0.1) is 0 Å². The molecule has 11 heavy (non-hydrogen) atoms. The predicted molar refractivity (Wildman–Crippen MR) is 39.1 cm³/mol. The van der Waals surface area contributed by atoms with E-state index in [9.17, 15) is 4.79 Å². The highest BCUT2D eigenvalue weighted by atomic mass is 16.7. The van der Waals surface area contributed by atoms with Crippen LogP contribution in [-0.2, 0) is 9.63 Å². The second kappa shape index (κ2) is 2.30. The van der Waals surface area contributed by atoms with Crippen LogP contribution < -0.4 is 0 Å². The second-order valence-electron chi connectivity index (χ2n) is 3.07. The van der Waals surface area contributed by atoms with Crippen LogP contribution in [0.25, 0.3) is 0 Å². The number of rotatable bonds is 0. The van der Waals surface area contributed by atoms with Gasteiger partial charge in [0.2, 0.25) is 0 Å². The molecule has 1 unspecified atom stereocenters. The van der Waals surface area contributed by atoms with Crippen molar-refractivity contribution in [3.8, 4) is 0 Å². The molecule has 4 nitrogen and oxygen atoms in total. The molecule has 0 amide bonds. The molecular weight excluding hydrogens is 144 g/mol. The van der Waals surface area contributed by atoms with Gasteiger partial charge in [0.15, 0.2) is 0 Å². The summed E-state index contributed by atoms with van der Waals surface area (Å²) in [4.78, 5) is 17.7. The zero-order valence-electron chi connectivity index (χ0n) is 6.41. The Bertz CT molecular complexity index is 224. The zero-order chi connectivity index (χ0) is 7.84. The van der Waals surface area contributed by atoms with Crippen molar-refractivity contribution in [1.82, 2.24) is 4.90 Å². The van der Waals surface area contributed by atoms with E-state index >= 15 is 0 Å². The average molecular weight is 154 g/mol. The molecule has 0 N–H and O–H groups in total. The van der Waals surface area contributed by atoms with E-state index in [0.29, 0.717) is 0 Å². The molecule has 0 saturated carbocycles. The molecule has 0 aromatic rings. The Hall–Kier alpha value is -0.900. The zero-order valence-corrected chi connectivity index (χ0v) is 6.41. The molecule has 0 spiro atoms. The lowest BCUT2D eigenvalue weighted by Crippen LogP contribution is -2.38. The summed E-state index contributed by atoms with van der Waals surface area (Å²) in [5.74, 6) is -0.209. The van der Waals surface area contributed by atoms with Crippen LogP contribution in [0.15, 0.2) is 5.16 Å². The first-order chi connectivity index (χ1) is 5.27. The van der Waals surface area contributed by atoms with Gasteiger partial charge in [0.25, 0.3) is 0 Å². The number of carbonyl (C=O) groups excluding carboxylic acids is 1. The van der Waals surface area contributed by atoms with Crippen LogP contribution in [0.1, 0.15) is 6.42 Å². The molecule has 0 aromatic carbocycles. The van der Waals surface area contributed by atoms with Crippen LogP contribution >= 0.6 is 0 Å². The van der Waals surface area contributed by atoms with E-state index in [4.69, 9.17) is 0 Å². The SMILES string of the molecule is CN1CCC2C(=O)ON=C2C1. The van der Waals surface area contributed by atoms with E-state index in [1.807, 2.05) is 7.05 Å². The Morgan fingerprint density at radius 3 is 3.36 bits per heavy atom. The maximum absolute atomic E-state index is 11.0. The number of oxime groups is 1. The van der Waals surface area contributed by atoms with Crippen LogP contribution in [0.3, 0.4) is 0 Å². The Morgan fingerprint density at radius 1 is 1.73 bits per heavy atom. The average Bonchev–Trinajstić information content (AvgIpc) is 2.32. The molecule has 0 aromatic heterocycles. The lowest BCUT2D eigenvalue weighted by Gasteiger charge is -2.24. The van der Waals surface area contributed by atoms with Gasteiger partial charge in [0.05, 0.1) is 5.71 Å². The summed E-state index contributed by atoms with van der Waals surface area (Å²) >= 11 is 0. The summed E-state index contributed by atoms with van der Waals surface area (Å²) in [7, 11) is 2.02. The number of likely N-dealkylation sites (tertiary alicyclic amines) is 1. The van der Waals surface area contributed by atoms with Gasteiger partial charge in [-0.1, -0.05) is 5.16 Å². The van der Waals surface area contributed by atoms with Crippen molar-refractivity contribution in [2.24, 2.45) is 11.1 Å². The van der Waals surface area contributed by atoms with Crippen molar-refractivity contribution in [2.45, 2.75) is 6.42 Å². The summed E-state index contributed by atoms with van der Waals surface area (Å²) < 4.78 is 0. The Labute approximate surface area is 64.8 Å². The smallest absolute Gasteiger partial charge is 0.318 e. The minimum Gasteiger partial charge on any atom is -0.318 e. The van der Waals surface area contributed by atoms with E-state index in [-0.39, 0.29) is 11.9 Å². The van der Waals surface area contributed by atoms with E-state index in [0.717, 1.165) is 25.2 Å². The summed E-state index contributed by atoms with van der Waals surface area (Å²) in [5, 5.41) is 3.71. The number of piperidine rings is 1. The van der Waals surface area contributed by atoms with Crippen molar-refractivity contribution < 1.29 is 9.63 Å². The molecule has 1 atom stereocenters. The number of hydrogen-bond acceptors (Lipinski definition) is 4. The molecule has 2 heterocycles. The van der Waals surface area contributed by atoms with Gasteiger partial charge in [-0.25, -0.2) is 4.79 Å². The molecule has 60 valence electrons. The molecule has 1 saturated heterocycles. The number of hydrogen-bond donors (Lipinski definition) is 0. The summed E-state index contributed by atoms with van der Waals surface area (Å²) in [6.07, 6.45) is 0.855. The third kappa shape index (κ3) is 1.03. The Kier molecular flexibility index (Phi) is 1.42. The summed E-state index contributed by atoms with van der Waals surface area (Å²) in [6, 6.07) is 0. The first kappa shape index (κ1) is 6.79. The number of nitrogens with zero attached hydrogens (tertiary/aromatic N) is 2. The van der Waals surface area contributed by atoms with Gasteiger partial charge in [-0.2, -0.15) is 0 Å². The molecule has 2 rings (SSSR count). The third-order valence-corrected chi connectivity index (χ3v) is 2.17. The molecule has 4 heteroatoms. The van der Waals surface area contributed by atoms with E-state index in [1.54, 1.807) is 0 Å². The van der Waals surface area contributed by atoms with Crippen LogP contribution in [0.4, 0.5) is 0 Å². The van der Waals surface area contributed by atoms with Gasteiger partial charge in [-0.3, -0.25) is 0 Å². The third-order valence-electron chi connectivity index (χ3n) is 2.17. The van der Waals surface area contributed by atoms with E-state index < -0.39 is 0 Å². The highest BCUT2D eigenvalue weighted by molar-refractivity contribution is 6.06. The topological polar surface area (TPSA) is 41.9 Å². The van der Waals surface area contributed by atoms with Crippen LogP contribution in [0.2, 0.25) is 0 Å². The fourth-order valence-electron chi connectivity index (χ4n) is 1.50. The lowest BCUT2D eigenvalue weighted by atomic mass is 9.96. The van der Waals surface area contributed by atoms with Crippen molar-refractivity contribution in [3.05, 3.63) is 0 Å². The highest BCUT2D eigenvalue weighted by Gasteiger charge is 2.35. The monoisotopic (exact) mass is 154 g/mol. The first-order valence-electron chi connectivity index (χ1n) is 3.73. The standard InChI is InChI=1S/C7H10N2O2/c1-9-3-2-5-6(4-9)8-11-7(5)10/h5H,2-4H2,1H3. The lowest BCUT2D eigenvalue weighted by molar-refractivity contribution is -0.143.